The summed E-state index contributed by atoms with van der Waals surface area (Å²) in [7, 11) is 2.31. The van der Waals surface area contributed by atoms with Crippen molar-refractivity contribution >= 4 is 18.0 Å². The van der Waals surface area contributed by atoms with Crippen LogP contribution in [0.15, 0.2) is 41.7 Å². The van der Waals surface area contributed by atoms with Crippen LogP contribution in [0.2, 0.25) is 0 Å². The molecule has 1 unspecified atom stereocenters. The van der Waals surface area contributed by atoms with Gasteiger partial charge in [-0.2, -0.15) is 0 Å². The summed E-state index contributed by atoms with van der Waals surface area (Å²) in [5, 5.41) is 0.832. The van der Waals surface area contributed by atoms with Crippen molar-refractivity contribution in [3.63, 3.8) is 0 Å². The standard InChI is InChI=1S/C18H21NO7/c1-18(2,3)25-17(22)19-13(11-9-7-6-8-10-11)12(15(20)23-4)14(26-19)16(21)24-5/h6-10,13H,1-5H3. The molecule has 0 bridgehead atoms. The summed E-state index contributed by atoms with van der Waals surface area (Å²) >= 11 is 0. The number of methoxy groups -OCH3 is 2. The zero-order chi connectivity index (χ0) is 19.5. The van der Waals surface area contributed by atoms with Crippen LogP contribution in [0.4, 0.5) is 4.79 Å². The molecule has 0 aliphatic carbocycles. The minimum Gasteiger partial charge on any atom is -0.465 e. The molecular formula is C18H21NO7. The molecule has 8 heteroatoms. The van der Waals surface area contributed by atoms with E-state index < -0.39 is 35.4 Å². The summed E-state index contributed by atoms with van der Waals surface area (Å²) in [6.07, 6.45) is -0.855. The number of hydrogen-bond donors (Lipinski definition) is 0. The minimum atomic E-state index is -1.02. The van der Waals surface area contributed by atoms with Gasteiger partial charge in [-0.15, -0.1) is 5.06 Å². The van der Waals surface area contributed by atoms with Crippen LogP contribution in [0.1, 0.15) is 32.4 Å². The van der Waals surface area contributed by atoms with Crippen molar-refractivity contribution in [2.24, 2.45) is 0 Å². The van der Waals surface area contributed by atoms with Crippen LogP contribution >= 0.6 is 0 Å². The molecule has 1 aromatic carbocycles. The lowest BCUT2D eigenvalue weighted by molar-refractivity contribution is -0.153. The number of hydrogen-bond acceptors (Lipinski definition) is 7. The predicted octanol–water partition coefficient (Wildman–Crippen LogP) is 2.51. The van der Waals surface area contributed by atoms with Gasteiger partial charge in [-0.05, 0) is 26.3 Å². The van der Waals surface area contributed by atoms with Crippen LogP contribution in [0, 0.1) is 0 Å². The number of carbonyl (C=O) groups is 3. The molecule has 0 N–H and O–H groups in total. The summed E-state index contributed by atoms with van der Waals surface area (Å²) in [6.45, 7) is 5.07. The molecule has 2 rings (SSSR count). The Morgan fingerprint density at radius 3 is 2.08 bits per heavy atom. The second kappa shape index (κ2) is 7.47. The van der Waals surface area contributed by atoms with Gasteiger partial charge < -0.3 is 19.0 Å². The lowest BCUT2D eigenvalue weighted by Gasteiger charge is -2.27. The van der Waals surface area contributed by atoms with Crippen molar-refractivity contribution in [2.75, 3.05) is 14.2 Å². The Bertz CT molecular complexity index is 734. The smallest absolute Gasteiger partial charge is 0.444 e. The van der Waals surface area contributed by atoms with Gasteiger partial charge in [-0.25, -0.2) is 14.4 Å². The van der Waals surface area contributed by atoms with Crippen LogP contribution in [-0.4, -0.2) is 42.9 Å². The summed E-state index contributed by atoms with van der Waals surface area (Å²) < 4.78 is 14.8. The maximum atomic E-state index is 12.6. The maximum absolute atomic E-state index is 12.6. The third-order valence-corrected chi connectivity index (χ3v) is 3.41. The summed E-state index contributed by atoms with van der Waals surface area (Å²) in [4.78, 5) is 42.4. The lowest BCUT2D eigenvalue weighted by Crippen LogP contribution is -2.37. The minimum absolute atomic E-state index is 0.142. The molecule has 1 heterocycles. The van der Waals surface area contributed by atoms with Gasteiger partial charge in [0.05, 0.1) is 14.2 Å². The Balaban J connectivity index is 2.56. The highest BCUT2D eigenvalue weighted by Crippen LogP contribution is 2.40. The third kappa shape index (κ3) is 3.96. The predicted molar refractivity (Wildman–Crippen MR) is 89.4 cm³/mol. The van der Waals surface area contributed by atoms with Gasteiger partial charge in [0.2, 0.25) is 0 Å². The highest BCUT2D eigenvalue weighted by atomic mass is 16.7. The zero-order valence-electron chi connectivity index (χ0n) is 15.3. The molecular weight excluding hydrogens is 342 g/mol. The Morgan fingerprint density at radius 2 is 1.58 bits per heavy atom. The molecule has 0 aromatic heterocycles. The van der Waals surface area contributed by atoms with Gasteiger partial charge in [-0.1, -0.05) is 30.3 Å². The molecule has 1 atom stereocenters. The van der Waals surface area contributed by atoms with Gasteiger partial charge in [0.1, 0.15) is 17.2 Å². The molecule has 140 valence electrons. The van der Waals surface area contributed by atoms with Crippen molar-refractivity contribution in [1.82, 2.24) is 5.06 Å². The van der Waals surface area contributed by atoms with E-state index in [4.69, 9.17) is 14.3 Å². The first-order valence-electron chi connectivity index (χ1n) is 7.85. The number of amides is 1. The molecule has 8 nitrogen and oxygen atoms in total. The van der Waals surface area contributed by atoms with E-state index in [1.54, 1.807) is 51.1 Å². The van der Waals surface area contributed by atoms with E-state index in [-0.39, 0.29) is 5.57 Å². The molecule has 26 heavy (non-hydrogen) atoms. The van der Waals surface area contributed by atoms with E-state index in [0.29, 0.717) is 5.56 Å². The largest absolute Gasteiger partial charge is 0.465 e. The van der Waals surface area contributed by atoms with Crippen molar-refractivity contribution in [2.45, 2.75) is 32.4 Å². The molecule has 0 radical (unpaired) electrons. The van der Waals surface area contributed by atoms with Crippen LogP contribution in [-0.2, 0) is 28.6 Å². The molecule has 0 saturated heterocycles. The number of nitrogens with zero attached hydrogens (tertiary/aromatic N) is 1. The number of rotatable bonds is 3. The first kappa shape index (κ1) is 19.3. The van der Waals surface area contributed by atoms with Crippen molar-refractivity contribution in [1.29, 1.82) is 0 Å². The molecule has 0 saturated carbocycles. The Kier molecular flexibility index (Phi) is 5.54. The Labute approximate surface area is 151 Å². The fourth-order valence-electron chi connectivity index (χ4n) is 2.38. The second-order valence-electron chi connectivity index (χ2n) is 6.44. The van der Waals surface area contributed by atoms with Crippen molar-refractivity contribution < 1.29 is 33.4 Å². The van der Waals surface area contributed by atoms with E-state index in [9.17, 15) is 14.4 Å². The number of carbonyl (C=O) groups excluding carboxylic acids is 3. The number of ether oxygens (including phenoxy) is 3. The van der Waals surface area contributed by atoms with Gasteiger partial charge >= 0.3 is 18.0 Å². The molecule has 0 fully saturated rings. The summed E-state index contributed by atoms with van der Waals surface area (Å²) in [5.41, 5.74) is -0.407. The number of benzene rings is 1. The van der Waals surface area contributed by atoms with Crippen LogP contribution < -0.4 is 0 Å². The quantitative estimate of drug-likeness (QED) is 0.602. The first-order chi connectivity index (χ1) is 12.2. The van der Waals surface area contributed by atoms with Crippen LogP contribution in [0.3, 0.4) is 0 Å². The zero-order valence-corrected chi connectivity index (χ0v) is 15.3. The monoisotopic (exact) mass is 363 g/mol. The highest BCUT2D eigenvalue weighted by Gasteiger charge is 2.47. The van der Waals surface area contributed by atoms with Gasteiger partial charge in [0.25, 0.3) is 5.76 Å². The average molecular weight is 363 g/mol. The van der Waals surface area contributed by atoms with Crippen molar-refractivity contribution in [3.8, 4) is 0 Å². The molecule has 0 spiro atoms. The molecule has 1 amide bonds. The lowest BCUT2D eigenvalue weighted by atomic mass is 9.98. The molecule has 1 aliphatic heterocycles. The van der Waals surface area contributed by atoms with E-state index in [1.165, 1.54) is 7.11 Å². The fourth-order valence-corrected chi connectivity index (χ4v) is 2.38. The van der Waals surface area contributed by atoms with Gasteiger partial charge in [0, 0.05) is 0 Å². The van der Waals surface area contributed by atoms with E-state index in [1.807, 2.05) is 0 Å². The molecule has 1 aliphatic rings. The van der Waals surface area contributed by atoms with Crippen molar-refractivity contribution in [3.05, 3.63) is 47.2 Å². The van der Waals surface area contributed by atoms with Crippen LogP contribution in [0.5, 0.6) is 0 Å². The van der Waals surface area contributed by atoms with Crippen LogP contribution in [0.25, 0.3) is 0 Å². The fraction of sp³-hybridized carbons (Fsp3) is 0.389. The Hall–Kier alpha value is -3.03. The highest BCUT2D eigenvalue weighted by molar-refractivity contribution is 6.01. The normalized spacial score (nSPS) is 16.8. The van der Waals surface area contributed by atoms with Gasteiger partial charge in [-0.3, -0.25) is 0 Å². The third-order valence-electron chi connectivity index (χ3n) is 3.41. The van der Waals surface area contributed by atoms with Gasteiger partial charge in [0.15, 0.2) is 0 Å². The number of hydroxylamine groups is 2. The topological polar surface area (TPSA) is 91.4 Å². The maximum Gasteiger partial charge on any atom is 0.444 e. The summed E-state index contributed by atoms with van der Waals surface area (Å²) in [5.74, 6) is -2.14. The second-order valence-corrected chi connectivity index (χ2v) is 6.44. The Morgan fingerprint density at radius 1 is 1.00 bits per heavy atom. The average Bonchev–Trinajstić information content (AvgIpc) is 3.00. The van der Waals surface area contributed by atoms with E-state index in [2.05, 4.69) is 4.74 Å². The van der Waals surface area contributed by atoms with E-state index in [0.717, 1.165) is 12.2 Å². The number of esters is 2. The SMILES string of the molecule is COC(=O)C1=C(C(=O)OC)C(c2ccccc2)N(C(=O)OC(C)(C)C)O1. The van der Waals surface area contributed by atoms with E-state index >= 15 is 0 Å². The molecule has 1 aromatic rings. The summed E-state index contributed by atoms with van der Waals surface area (Å²) in [6, 6.07) is 7.59. The first-order valence-corrected chi connectivity index (χ1v) is 7.85.